The Morgan fingerprint density at radius 2 is 2.15 bits per heavy atom. The van der Waals surface area contributed by atoms with Gasteiger partial charge in [0.25, 0.3) is 5.91 Å². The van der Waals surface area contributed by atoms with Crippen molar-refractivity contribution >= 4 is 22.8 Å². The fourth-order valence-corrected chi connectivity index (χ4v) is 3.42. The molecule has 1 aliphatic rings. The number of rotatable bonds is 4. The van der Waals surface area contributed by atoms with Gasteiger partial charge >= 0.3 is 0 Å². The third-order valence-electron chi connectivity index (χ3n) is 4.85. The lowest BCUT2D eigenvalue weighted by Crippen LogP contribution is -2.42. The Balaban J connectivity index is 1.86. The molecular formula is C18H25N5O3. The van der Waals surface area contributed by atoms with Gasteiger partial charge in [0.05, 0.1) is 12.7 Å². The van der Waals surface area contributed by atoms with Gasteiger partial charge in [0.2, 0.25) is 5.91 Å². The number of benzene rings is 1. The number of carbonyl (C=O) groups excluding carboxylic acids is 2. The maximum Gasteiger partial charge on any atom is 0.255 e. The minimum Gasteiger partial charge on any atom is -0.496 e. The fraction of sp³-hybridized carbons (Fsp3) is 0.556. The van der Waals surface area contributed by atoms with Gasteiger partial charge in [0, 0.05) is 25.6 Å². The maximum atomic E-state index is 12.9. The van der Waals surface area contributed by atoms with E-state index in [1.807, 2.05) is 0 Å². The average molecular weight is 359 g/mol. The van der Waals surface area contributed by atoms with Gasteiger partial charge in [-0.1, -0.05) is 18.6 Å². The molecule has 1 N–H and O–H groups in total. The monoisotopic (exact) mass is 359 g/mol. The van der Waals surface area contributed by atoms with E-state index in [2.05, 4.69) is 27.5 Å². The number of ether oxygens (including phenoxy) is 1. The molecule has 26 heavy (non-hydrogen) atoms. The van der Waals surface area contributed by atoms with Crippen LogP contribution >= 0.6 is 0 Å². The van der Waals surface area contributed by atoms with E-state index < -0.39 is 0 Å². The number of methoxy groups -OCH3 is 1. The number of carbonyl (C=O) groups is 2. The van der Waals surface area contributed by atoms with E-state index in [0.717, 1.165) is 38.9 Å². The highest BCUT2D eigenvalue weighted by atomic mass is 16.5. The summed E-state index contributed by atoms with van der Waals surface area (Å²) in [4.78, 5) is 26.8. The zero-order valence-electron chi connectivity index (χ0n) is 15.5. The Morgan fingerprint density at radius 3 is 2.85 bits per heavy atom. The summed E-state index contributed by atoms with van der Waals surface area (Å²) < 4.78 is 6.58. The lowest BCUT2D eigenvalue weighted by Gasteiger charge is -2.23. The second-order valence-corrected chi connectivity index (χ2v) is 6.62. The minimum atomic E-state index is -0.245. The molecule has 3 rings (SSSR count). The van der Waals surface area contributed by atoms with Crippen LogP contribution in [0, 0.1) is 0 Å². The summed E-state index contributed by atoms with van der Waals surface area (Å²) in [7, 11) is 1.50. The number of likely N-dealkylation sites (N-methyl/N-ethyl adjacent to an activating group) is 1. The third-order valence-corrected chi connectivity index (χ3v) is 4.85. The molecule has 0 unspecified atom stereocenters. The van der Waals surface area contributed by atoms with E-state index in [1.165, 1.54) is 18.7 Å². The van der Waals surface area contributed by atoms with Gasteiger partial charge in [0.15, 0.2) is 0 Å². The molecule has 1 amide bonds. The van der Waals surface area contributed by atoms with Gasteiger partial charge < -0.3 is 15.0 Å². The molecule has 1 saturated heterocycles. The van der Waals surface area contributed by atoms with Gasteiger partial charge in [-0.25, -0.2) is 0 Å². The molecule has 1 aromatic heterocycles. The molecule has 0 bridgehead atoms. The Morgan fingerprint density at radius 1 is 1.35 bits per heavy atom. The Labute approximate surface area is 152 Å². The molecule has 1 aliphatic heterocycles. The van der Waals surface area contributed by atoms with Crippen LogP contribution in [0.2, 0.25) is 0 Å². The molecule has 1 atom stereocenters. The summed E-state index contributed by atoms with van der Waals surface area (Å²) in [5, 5.41) is 11.0. The van der Waals surface area contributed by atoms with Crippen LogP contribution in [0.15, 0.2) is 12.1 Å². The van der Waals surface area contributed by atoms with Crippen LogP contribution in [0.25, 0.3) is 11.0 Å². The number of amides is 1. The van der Waals surface area contributed by atoms with Gasteiger partial charge in [-0.3, -0.25) is 9.59 Å². The Hall–Kier alpha value is -2.48. The van der Waals surface area contributed by atoms with Crippen LogP contribution < -0.4 is 10.1 Å². The first-order valence-corrected chi connectivity index (χ1v) is 9.01. The molecule has 0 radical (unpaired) electrons. The molecule has 1 fully saturated rings. The smallest absolute Gasteiger partial charge is 0.255 e. The van der Waals surface area contributed by atoms with Crippen LogP contribution in [0.3, 0.4) is 0 Å². The summed E-state index contributed by atoms with van der Waals surface area (Å²) in [6, 6.07) is 3.37. The molecule has 8 nitrogen and oxygen atoms in total. The number of likely N-dealkylation sites (tertiary alicyclic amines) is 1. The van der Waals surface area contributed by atoms with E-state index in [4.69, 9.17) is 4.74 Å². The predicted molar refractivity (Wildman–Crippen MR) is 97.6 cm³/mol. The van der Waals surface area contributed by atoms with E-state index in [0.29, 0.717) is 22.3 Å². The first-order chi connectivity index (χ1) is 12.5. The molecule has 0 spiro atoms. The molecule has 0 saturated carbocycles. The van der Waals surface area contributed by atoms with Crippen molar-refractivity contribution in [2.45, 2.75) is 39.2 Å². The van der Waals surface area contributed by atoms with E-state index in [9.17, 15) is 9.59 Å². The van der Waals surface area contributed by atoms with Gasteiger partial charge in [0.1, 0.15) is 16.8 Å². The van der Waals surface area contributed by atoms with Crippen molar-refractivity contribution in [1.82, 2.24) is 25.2 Å². The minimum absolute atomic E-state index is 0.109. The maximum absolute atomic E-state index is 12.9. The summed E-state index contributed by atoms with van der Waals surface area (Å²) in [6.07, 6.45) is 3.22. The number of hydrogen-bond acceptors (Lipinski definition) is 6. The molecular weight excluding hydrogens is 334 g/mol. The lowest BCUT2D eigenvalue weighted by molar-refractivity contribution is 0.0916. The summed E-state index contributed by atoms with van der Waals surface area (Å²) >= 11 is 0. The van der Waals surface area contributed by atoms with Crippen LogP contribution in [-0.2, 0) is 0 Å². The second kappa shape index (κ2) is 7.82. The number of hydrogen-bond donors (Lipinski definition) is 1. The molecule has 2 heterocycles. The topological polar surface area (TPSA) is 89.4 Å². The summed E-state index contributed by atoms with van der Waals surface area (Å²) in [5.41, 5.74) is 1.42. The second-order valence-electron chi connectivity index (χ2n) is 6.62. The third kappa shape index (κ3) is 3.70. The fourth-order valence-electron chi connectivity index (χ4n) is 3.42. The summed E-state index contributed by atoms with van der Waals surface area (Å²) in [5.74, 6) is -0.0327. The number of nitrogens with zero attached hydrogens (tertiary/aromatic N) is 4. The molecule has 0 aliphatic carbocycles. The van der Waals surface area contributed by atoms with Crippen LogP contribution in [0.1, 0.15) is 48.3 Å². The zero-order valence-corrected chi connectivity index (χ0v) is 15.5. The number of nitrogens with one attached hydrogen (secondary N) is 1. The van der Waals surface area contributed by atoms with Gasteiger partial charge in [-0.05, 0) is 32.0 Å². The molecule has 2 aromatic rings. The Bertz CT molecular complexity index is 817. The highest BCUT2D eigenvalue weighted by molar-refractivity contribution is 6.01. The first-order valence-electron chi connectivity index (χ1n) is 9.01. The SMILES string of the molecule is CCN1CCCC[C@@H](NC(=O)c2cc3nnn(C(C)=O)c3cc2OC)C1. The van der Waals surface area contributed by atoms with Gasteiger partial charge in [-0.2, -0.15) is 4.68 Å². The Kier molecular flexibility index (Phi) is 5.51. The van der Waals surface area contributed by atoms with Crippen LogP contribution in [0.5, 0.6) is 5.75 Å². The van der Waals surface area contributed by atoms with Crippen molar-refractivity contribution in [3.05, 3.63) is 17.7 Å². The number of fused-ring (bicyclic) bond motifs is 1. The van der Waals surface area contributed by atoms with E-state index in [1.54, 1.807) is 12.1 Å². The highest BCUT2D eigenvalue weighted by Crippen LogP contribution is 2.25. The number of aromatic nitrogens is 3. The molecule has 8 heteroatoms. The van der Waals surface area contributed by atoms with Crippen molar-refractivity contribution < 1.29 is 14.3 Å². The van der Waals surface area contributed by atoms with Crippen molar-refractivity contribution in [1.29, 1.82) is 0 Å². The van der Waals surface area contributed by atoms with Crippen molar-refractivity contribution in [3.63, 3.8) is 0 Å². The normalized spacial score (nSPS) is 18.5. The standard InChI is InChI=1S/C18H25N5O3/c1-4-22-8-6-5-7-13(11-22)19-18(25)14-9-15-16(10-17(14)26-3)23(12(2)24)21-20-15/h9-10,13H,4-8,11H2,1-3H3,(H,19,25)/t13-/m1/s1. The van der Waals surface area contributed by atoms with Crippen LogP contribution in [-0.4, -0.2) is 64.5 Å². The zero-order chi connectivity index (χ0) is 18.7. The van der Waals surface area contributed by atoms with Crippen molar-refractivity contribution in [2.24, 2.45) is 0 Å². The quantitative estimate of drug-likeness (QED) is 0.894. The molecule has 140 valence electrons. The first kappa shape index (κ1) is 18.3. The van der Waals surface area contributed by atoms with Crippen LogP contribution in [0.4, 0.5) is 0 Å². The predicted octanol–water partition coefficient (Wildman–Crippen LogP) is 1.70. The lowest BCUT2D eigenvalue weighted by atomic mass is 10.1. The van der Waals surface area contributed by atoms with Gasteiger partial charge in [-0.15, -0.1) is 5.10 Å². The highest BCUT2D eigenvalue weighted by Gasteiger charge is 2.23. The average Bonchev–Trinajstić information content (AvgIpc) is 2.92. The molecule has 1 aromatic carbocycles. The van der Waals surface area contributed by atoms with Crippen molar-refractivity contribution in [2.75, 3.05) is 26.7 Å². The van der Waals surface area contributed by atoms with E-state index in [-0.39, 0.29) is 17.9 Å². The van der Waals surface area contributed by atoms with E-state index >= 15 is 0 Å². The van der Waals surface area contributed by atoms with Crippen molar-refractivity contribution in [3.8, 4) is 5.75 Å². The largest absolute Gasteiger partial charge is 0.496 e. The summed E-state index contributed by atoms with van der Waals surface area (Å²) in [6.45, 7) is 6.46.